The zero-order chi connectivity index (χ0) is 31.1. The van der Waals surface area contributed by atoms with Crippen molar-refractivity contribution in [1.29, 1.82) is 0 Å². The van der Waals surface area contributed by atoms with Gasteiger partial charge in [0.2, 0.25) is 11.8 Å². The Morgan fingerprint density at radius 1 is 1.12 bits per heavy atom. The van der Waals surface area contributed by atoms with Crippen molar-refractivity contribution in [2.75, 3.05) is 26.7 Å². The quantitative estimate of drug-likeness (QED) is 0.345. The monoisotopic (exact) mass is 591 g/mol. The third kappa shape index (κ3) is 8.07. The average Bonchev–Trinajstić information content (AvgIpc) is 3.68. The molecular formula is C33H42FN5O4. The molecule has 0 spiro atoms. The van der Waals surface area contributed by atoms with E-state index in [1.165, 1.54) is 18.3 Å². The number of likely N-dealkylation sites (tertiary alicyclic amines) is 1. The van der Waals surface area contributed by atoms with Crippen LogP contribution in [0.3, 0.4) is 0 Å². The molecular weight excluding hydrogens is 549 g/mol. The molecule has 10 heteroatoms. The largest absolute Gasteiger partial charge is 0.432 e. The summed E-state index contributed by atoms with van der Waals surface area (Å²) in [4.78, 5) is 48.3. The van der Waals surface area contributed by atoms with Crippen molar-refractivity contribution in [3.05, 3.63) is 78.1 Å². The maximum Gasteiger partial charge on any atom is 0.309 e. The summed E-state index contributed by atoms with van der Waals surface area (Å²) in [6.07, 6.45) is 3.52. The second kappa shape index (κ2) is 13.9. The first-order valence-corrected chi connectivity index (χ1v) is 14.8. The number of hydrogen-bond donors (Lipinski definition) is 2. The number of benzene rings is 2. The van der Waals surface area contributed by atoms with Gasteiger partial charge in [0.1, 0.15) is 11.9 Å². The van der Waals surface area contributed by atoms with E-state index in [1.54, 1.807) is 35.9 Å². The molecule has 43 heavy (non-hydrogen) atoms. The Morgan fingerprint density at radius 2 is 1.81 bits per heavy atom. The van der Waals surface area contributed by atoms with Crippen LogP contribution in [0.1, 0.15) is 56.8 Å². The number of carbonyl (C=O) groups excluding carboxylic acids is 3. The lowest BCUT2D eigenvalue weighted by Crippen LogP contribution is -2.59. The summed E-state index contributed by atoms with van der Waals surface area (Å²) in [5, 5.41) is 5.87. The molecule has 2 heterocycles. The fourth-order valence-corrected chi connectivity index (χ4v) is 5.22. The Balaban J connectivity index is 1.56. The molecule has 1 saturated heterocycles. The van der Waals surface area contributed by atoms with Crippen molar-refractivity contribution < 1.29 is 23.2 Å². The van der Waals surface area contributed by atoms with Gasteiger partial charge < -0.3 is 24.9 Å². The van der Waals surface area contributed by atoms with Crippen molar-refractivity contribution in [3.8, 4) is 11.3 Å². The van der Waals surface area contributed by atoms with Crippen LogP contribution in [0.2, 0.25) is 0 Å². The summed E-state index contributed by atoms with van der Waals surface area (Å²) in [6, 6.07) is 14.2. The highest BCUT2D eigenvalue weighted by Crippen LogP contribution is 2.27. The predicted molar refractivity (Wildman–Crippen MR) is 163 cm³/mol. The van der Waals surface area contributed by atoms with E-state index in [0.717, 1.165) is 17.5 Å². The van der Waals surface area contributed by atoms with Crippen LogP contribution in [0.15, 0.2) is 65.2 Å². The molecule has 230 valence electrons. The van der Waals surface area contributed by atoms with Gasteiger partial charge in [0.25, 0.3) is 5.89 Å². The van der Waals surface area contributed by atoms with Gasteiger partial charge in [-0.25, -0.2) is 9.37 Å². The Morgan fingerprint density at radius 3 is 2.47 bits per heavy atom. The fraction of sp³-hybridized carbons (Fsp3) is 0.455. The number of halogens is 1. The molecule has 0 radical (unpaired) electrons. The van der Waals surface area contributed by atoms with Gasteiger partial charge in [0.05, 0.1) is 12.2 Å². The normalized spacial score (nSPS) is 16.5. The van der Waals surface area contributed by atoms with E-state index in [4.69, 9.17) is 4.42 Å². The summed E-state index contributed by atoms with van der Waals surface area (Å²) >= 11 is 0. The van der Waals surface area contributed by atoms with Gasteiger partial charge in [-0.2, -0.15) is 0 Å². The molecule has 1 aromatic heterocycles. The molecule has 3 atom stereocenters. The van der Waals surface area contributed by atoms with Crippen LogP contribution in [-0.2, 0) is 16.0 Å². The summed E-state index contributed by atoms with van der Waals surface area (Å²) < 4.78 is 19.4. The smallest absolute Gasteiger partial charge is 0.309 e. The molecule has 9 nitrogen and oxygen atoms in total. The number of amides is 3. The number of carbonyl (C=O) groups is 3. The van der Waals surface area contributed by atoms with E-state index >= 15 is 0 Å². The first-order valence-electron chi connectivity index (χ1n) is 14.8. The number of nitrogens with zero attached hydrogens (tertiary/aromatic N) is 3. The SMILES string of the molecule is CN[C@@H](C)C(=O)N[C@H](C(=O)N1CCC[C@H]1CN(CCc1ccc(F)cc1)C(=O)c1ncc(-c2ccccc2)o1)C(C)(C)C. The third-order valence-electron chi connectivity index (χ3n) is 7.94. The number of aromatic nitrogens is 1. The van der Waals surface area contributed by atoms with Gasteiger partial charge in [0, 0.05) is 31.2 Å². The highest BCUT2D eigenvalue weighted by molar-refractivity contribution is 5.91. The predicted octanol–water partition coefficient (Wildman–Crippen LogP) is 4.30. The summed E-state index contributed by atoms with van der Waals surface area (Å²) in [7, 11) is 1.70. The van der Waals surface area contributed by atoms with Crippen molar-refractivity contribution in [3.63, 3.8) is 0 Å². The van der Waals surface area contributed by atoms with E-state index in [9.17, 15) is 18.8 Å². The standard InChI is InChI=1S/C33H42FN5O4/c1-22(35-5)29(40)37-28(33(2,3)4)31(41)39-18-9-12-26(39)21-38(19-17-23-13-15-25(34)16-14-23)32(42)30-36-20-27(43-30)24-10-7-6-8-11-24/h6-8,10-11,13-16,20,22,26,28,35H,9,12,17-19,21H2,1-5H3,(H,37,40)/t22-,26-,28+/m0/s1. The van der Waals surface area contributed by atoms with Crippen molar-refractivity contribution in [2.24, 2.45) is 5.41 Å². The number of oxazole rings is 1. The highest BCUT2D eigenvalue weighted by Gasteiger charge is 2.41. The van der Waals surface area contributed by atoms with Gasteiger partial charge in [0.15, 0.2) is 5.76 Å². The topological polar surface area (TPSA) is 108 Å². The lowest BCUT2D eigenvalue weighted by atomic mass is 9.85. The van der Waals surface area contributed by atoms with Gasteiger partial charge in [-0.1, -0.05) is 63.2 Å². The Kier molecular flexibility index (Phi) is 10.3. The summed E-state index contributed by atoms with van der Waals surface area (Å²) in [6.45, 7) is 8.65. The van der Waals surface area contributed by atoms with Crippen LogP contribution in [0, 0.1) is 11.2 Å². The molecule has 2 aromatic carbocycles. The van der Waals surface area contributed by atoms with Crippen molar-refractivity contribution in [2.45, 2.75) is 65.1 Å². The molecule has 3 aromatic rings. The van der Waals surface area contributed by atoms with E-state index in [0.29, 0.717) is 31.7 Å². The van der Waals surface area contributed by atoms with E-state index < -0.39 is 17.5 Å². The third-order valence-corrected chi connectivity index (χ3v) is 7.94. The molecule has 1 fully saturated rings. The molecule has 3 amide bonds. The first-order chi connectivity index (χ1) is 20.5. The van der Waals surface area contributed by atoms with Crippen molar-refractivity contribution in [1.82, 2.24) is 25.4 Å². The zero-order valence-electron chi connectivity index (χ0n) is 25.6. The average molecular weight is 592 g/mol. The molecule has 1 aliphatic heterocycles. The minimum atomic E-state index is -0.736. The molecule has 4 rings (SSSR count). The first kappa shape index (κ1) is 31.9. The zero-order valence-corrected chi connectivity index (χ0v) is 25.6. The number of likely N-dealkylation sites (N-methyl/N-ethyl adjacent to an activating group) is 1. The molecule has 0 unspecified atom stereocenters. The Labute approximate surface area is 252 Å². The van der Waals surface area contributed by atoms with Crippen LogP contribution in [0.5, 0.6) is 0 Å². The minimum absolute atomic E-state index is 0.0327. The maximum absolute atomic E-state index is 14.0. The van der Waals surface area contributed by atoms with Gasteiger partial charge in [-0.05, 0) is 56.3 Å². The van der Waals surface area contributed by atoms with Gasteiger partial charge in [-0.3, -0.25) is 14.4 Å². The highest BCUT2D eigenvalue weighted by atomic mass is 19.1. The van der Waals surface area contributed by atoms with Crippen LogP contribution in [0.4, 0.5) is 4.39 Å². The van der Waals surface area contributed by atoms with Crippen molar-refractivity contribution >= 4 is 17.7 Å². The second-order valence-electron chi connectivity index (χ2n) is 12.2. The number of rotatable bonds is 11. The minimum Gasteiger partial charge on any atom is -0.432 e. The summed E-state index contributed by atoms with van der Waals surface area (Å²) in [5.74, 6) is -0.670. The van der Waals surface area contributed by atoms with Crippen LogP contribution >= 0.6 is 0 Å². The molecule has 0 saturated carbocycles. The number of nitrogens with one attached hydrogen (secondary N) is 2. The van der Waals surface area contributed by atoms with E-state index in [-0.39, 0.29) is 42.0 Å². The Bertz CT molecular complexity index is 1390. The summed E-state index contributed by atoms with van der Waals surface area (Å²) in [5.41, 5.74) is 1.16. The lowest BCUT2D eigenvalue weighted by molar-refractivity contribution is -0.140. The van der Waals surface area contributed by atoms with Crippen LogP contribution in [0.25, 0.3) is 11.3 Å². The van der Waals surface area contributed by atoms with Gasteiger partial charge >= 0.3 is 5.91 Å². The maximum atomic E-state index is 14.0. The van der Waals surface area contributed by atoms with E-state index in [2.05, 4.69) is 15.6 Å². The molecule has 0 aliphatic carbocycles. The Hall–Kier alpha value is -4.05. The van der Waals surface area contributed by atoms with E-state index in [1.807, 2.05) is 51.1 Å². The molecule has 2 N–H and O–H groups in total. The fourth-order valence-electron chi connectivity index (χ4n) is 5.22. The molecule has 0 bridgehead atoms. The lowest BCUT2D eigenvalue weighted by Gasteiger charge is -2.37. The molecule has 1 aliphatic rings. The van der Waals surface area contributed by atoms with Crippen LogP contribution < -0.4 is 10.6 Å². The van der Waals surface area contributed by atoms with Gasteiger partial charge in [-0.15, -0.1) is 0 Å². The number of hydrogen-bond acceptors (Lipinski definition) is 6. The van der Waals surface area contributed by atoms with Crippen LogP contribution in [-0.4, -0.2) is 77.3 Å². The second-order valence-corrected chi connectivity index (χ2v) is 12.2.